The average molecular weight is 249 g/mol. The molecule has 1 aliphatic carbocycles. The first-order chi connectivity index (χ1) is 7.57. The lowest BCUT2D eigenvalue weighted by Crippen LogP contribution is -2.76. The van der Waals surface area contributed by atoms with Gasteiger partial charge in [0.05, 0.1) is 5.41 Å². The number of likely N-dealkylation sites (tertiary alicyclic amines) is 1. The molecule has 98 valence electrons. The molecule has 17 heavy (non-hydrogen) atoms. The lowest BCUT2D eigenvalue weighted by atomic mass is 9.58. The molecular weight excluding hydrogens is 232 g/mol. The van der Waals surface area contributed by atoms with E-state index in [9.17, 15) is 13.6 Å². The Morgan fingerprint density at radius 1 is 1.41 bits per heavy atom. The standard InChI is InChI=1S/C11H17F2NO3/c1-9(2,3)17-8(16)14-5-10(6-14)4-7(15)11(10,12)13/h7,15H,4-6H2,1-3H3. The summed E-state index contributed by atoms with van der Waals surface area (Å²) in [4.78, 5) is 12.8. The summed E-state index contributed by atoms with van der Waals surface area (Å²) >= 11 is 0. The number of hydrogen-bond donors (Lipinski definition) is 1. The third-order valence-electron chi connectivity index (χ3n) is 3.35. The molecule has 2 rings (SSSR count). The third kappa shape index (κ3) is 1.78. The zero-order chi connectivity index (χ0) is 13.1. The van der Waals surface area contributed by atoms with Gasteiger partial charge in [-0.05, 0) is 27.2 Å². The topological polar surface area (TPSA) is 49.8 Å². The van der Waals surface area contributed by atoms with Crippen molar-refractivity contribution in [2.45, 2.75) is 44.8 Å². The van der Waals surface area contributed by atoms with E-state index in [1.165, 1.54) is 4.90 Å². The molecule has 1 atom stereocenters. The Hall–Kier alpha value is -0.910. The molecule has 6 heteroatoms. The van der Waals surface area contributed by atoms with E-state index < -0.39 is 29.1 Å². The van der Waals surface area contributed by atoms with Gasteiger partial charge in [-0.1, -0.05) is 0 Å². The van der Waals surface area contributed by atoms with Crippen LogP contribution in [0, 0.1) is 5.41 Å². The number of amides is 1. The maximum Gasteiger partial charge on any atom is 0.410 e. The number of carbonyl (C=O) groups is 1. The summed E-state index contributed by atoms with van der Waals surface area (Å²) in [5.74, 6) is -3.08. The van der Waals surface area contributed by atoms with E-state index in [1.54, 1.807) is 20.8 Å². The van der Waals surface area contributed by atoms with Gasteiger partial charge in [-0.3, -0.25) is 0 Å². The largest absolute Gasteiger partial charge is 0.444 e. The summed E-state index contributed by atoms with van der Waals surface area (Å²) < 4.78 is 31.8. The molecule has 0 radical (unpaired) electrons. The van der Waals surface area contributed by atoms with Gasteiger partial charge in [0.25, 0.3) is 5.92 Å². The number of rotatable bonds is 0. The van der Waals surface area contributed by atoms with Crippen LogP contribution >= 0.6 is 0 Å². The van der Waals surface area contributed by atoms with Crippen molar-refractivity contribution < 1.29 is 23.4 Å². The Kier molecular flexibility index (Phi) is 2.44. The third-order valence-corrected chi connectivity index (χ3v) is 3.35. The lowest BCUT2D eigenvalue weighted by Gasteiger charge is -2.61. The molecule has 4 nitrogen and oxygen atoms in total. The minimum absolute atomic E-state index is 0.0357. The molecule has 1 aliphatic heterocycles. The second kappa shape index (κ2) is 3.31. The van der Waals surface area contributed by atoms with Crippen LogP contribution in [0.3, 0.4) is 0 Å². The Balaban J connectivity index is 1.90. The van der Waals surface area contributed by atoms with Crippen molar-refractivity contribution in [3.8, 4) is 0 Å². The number of halogens is 2. The number of hydrogen-bond acceptors (Lipinski definition) is 3. The number of ether oxygens (including phenoxy) is 1. The highest BCUT2D eigenvalue weighted by molar-refractivity contribution is 5.69. The summed E-state index contributed by atoms with van der Waals surface area (Å²) in [5, 5.41) is 9.00. The minimum Gasteiger partial charge on any atom is -0.444 e. The molecule has 0 aromatic heterocycles. The first-order valence-electron chi connectivity index (χ1n) is 5.61. The van der Waals surface area contributed by atoms with Crippen LogP contribution in [-0.4, -0.2) is 46.8 Å². The first kappa shape index (κ1) is 12.5. The Morgan fingerprint density at radius 3 is 2.29 bits per heavy atom. The minimum atomic E-state index is -3.08. The number of nitrogens with zero attached hydrogens (tertiary/aromatic N) is 1. The maximum atomic E-state index is 13.4. The van der Waals surface area contributed by atoms with Gasteiger partial charge in [-0.15, -0.1) is 0 Å². The maximum absolute atomic E-state index is 13.4. The van der Waals surface area contributed by atoms with Crippen LogP contribution in [0.4, 0.5) is 13.6 Å². The molecule has 1 spiro atoms. The molecule has 1 heterocycles. The smallest absolute Gasteiger partial charge is 0.410 e. The highest BCUT2D eigenvalue weighted by atomic mass is 19.3. The van der Waals surface area contributed by atoms with Crippen molar-refractivity contribution in [2.75, 3.05) is 13.1 Å². The summed E-state index contributed by atoms with van der Waals surface area (Å²) in [6.07, 6.45) is -2.08. The molecule has 1 amide bonds. The number of aliphatic hydroxyl groups excluding tert-OH is 1. The van der Waals surface area contributed by atoms with Crippen LogP contribution in [-0.2, 0) is 4.74 Å². The Bertz CT molecular complexity index is 345. The summed E-state index contributed by atoms with van der Waals surface area (Å²) in [6.45, 7) is 5.10. The van der Waals surface area contributed by atoms with E-state index in [4.69, 9.17) is 9.84 Å². The van der Waals surface area contributed by atoms with E-state index in [1.807, 2.05) is 0 Å². The van der Waals surface area contributed by atoms with Crippen LogP contribution in [0.15, 0.2) is 0 Å². The van der Waals surface area contributed by atoms with Gasteiger partial charge in [0.1, 0.15) is 11.7 Å². The highest BCUT2D eigenvalue weighted by Crippen LogP contribution is 2.58. The van der Waals surface area contributed by atoms with Gasteiger partial charge in [0, 0.05) is 13.1 Å². The molecule has 0 aromatic rings. The SMILES string of the molecule is CC(C)(C)OC(=O)N1CC2(CC(O)C2(F)F)C1. The van der Waals surface area contributed by atoms with E-state index in [-0.39, 0.29) is 19.5 Å². The molecule has 0 aromatic carbocycles. The molecule has 2 fully saturated rings. The first-order valence-corrected chi connectivity index (χ1v) is 5.61. The molecule has 1 saturated carbocycles. The van der Waals surface area contributed by atoms with Gasteiger partial charge < -0.3 is 14.7 Å². The van der Waals surface area contributed by atoms with Crippen molar-refractivity contribution in [1.29, 1.82) is 0 Å². The fourth-order valence-electron chi connectivity index (χ4n) is 2.34. The predicted molar refractivity (Wildman–Crippen MR) is 55.8 cm³/mol. The van der Waals surface area contributed by atoms with Crippen molar-refractivity contribution in [3.05, 3.63) is 0 Å². The van der Waals surface area contributed by atoms with Gasteiger partial charge >= 0.3 is 6.09 Å². The monoisotopic (exact) mass is 249 g/mol. The fourth-order valence-corrected chi connectivity index (χ4v) is 2.34. The van der Waals surface area contributed by atoms with Crippen molar-refractivity contribution >= 4 is 6.09 Å². The number of carbonyl (C=O) groups excluding carboxylic acids is 1. The second-order valence-corrected chi connectivity index (χ2v) is 5.96. The molecule has 1 saturated heterocycles. The van der Waals surface area contributed by atoms with E-state index in [0.29, 0.717) is 0 Å². The van der Waals surface area contributed by atoms with E-state index in [2.05, 4.69) is 0 Å². The number of alkyl halides is 2. The molecule has 1 N–H and O–H groups in total. The van der Waals surface area contributed by atoms with Crippen LogP contribution in [0.1, 0.15) is 27.2 Å². The Labute approximate surface area is 98.5 Å². The second-order valence-electron chi connectivity index (χ2n) is 5.96. The predicted octanol–water partition coefficient (Wildman–Crippen LogP) is 1.62. The highest BCUT2D eigenvalue weighted by Gasteiger charge is 2.73. The molecule has 0 bridgehead atoms. The van der Waals surface area contributed by atoms with E-state index in [0.717, 1.165) is 0 Å². The average Bonchev–Trinajstić information content (AvgIpc) is 2.06. The van der Waals surface area contributed by atoms with Crippen molar-refractivity contribution in [1.82, 2.24) is 4.90 Å². The van der Waals surface area contributed by atoms with Gasteiger partial charge in [-0.2, -0.15) is 0 Å². The van der Waals surface area contributed by atoms with Crippen LogP contribution in [0.25, 0.3) is 0 Å². The number of aliphatic hydroxyl groups is 1. The van der Waals surface area contributed by atoms with E-state index >= 15 is 0 Å². The fraction of sp³-hybridized carbons (Fsp3) is 0.909. The van der Waals surface area contributed by atoms with Crippen LogP contribution < -0.4 is 0 Å². The van der Waals surface area contributed by atoms with Gasteiger partial charge in [0.15, 0.2) is 0 Å². The zero-order valence-corrected chi connectivity index (χ0v) is 10.2. The molecular formula is C11H17F2NO3. The summed E-state index contributed by atoms with van der Waals surface area (Å²) in [5.41, 5.74) is -1.84. The van der Waals surface area contributed by atoms with Crippen LogP contribution in [0.2, 0.25) is 0 Å². The summed E-state index contributed by atoms with van der Waals surface area (Å²) in [6, 6.07) is 0. The lowest BCUT2D eigenvalue weighted by molar-refractivity contribution is -0.312. The normalized spacial score (nSPS) is 29.5. The summed E-state index contributed by atoms with van der Waals surface area (Å²) in [7, 11) is 0. The van der Waals surface area contributed by atoms with Crippen molar-refractivity contribution in [3.63, 3.8) is 0 Å². The van der Waals surface area contributed by atoms with Gasteiger partial charge in [0.2, 0.25) is 0 Å². The van der Waals surface area contributed by atoms with Gasteiger partial charge in [-0.25, -0.2) is 13.6 Å². The van der Waals surface area contributed by atoms with Crippen molar-refractivity contribution in [2.24, 2.45) is 5.41 Å². The molecule has 2 aliphatic rings. The zero-order valence-electron chi connectivity index (χ0n) is 10.2. The van der Waals surface area contributed by atoms with Crippen LogP contribution in [0.5, 0.6) is 0 Å². The Morgan fingerprint density at radius 2 is 1.94 bits per heavy atom. The quantitative estimate of drug-likeness (QED) is 0.709. The molecule has 1 unspecified atom stereocenters.